The van der Waals surface area contributed by atoms with Gasteiger partial charge in [0.05, 0.1) is 0 Å². The summed E-state index contributed by atoms with van der Waals surface area (Å²) >= 11 is 0. The van der Waals surface area contributed by atoms with Gasteiger partial charge in [0.2, 0.25) is 5.91 Å². The summed E-state index contributed by atoms with van der Waals surface area (Å²) < 4.78 is 0. The fourth-order valence-electron chi connectivity index (χ4n) is 5.11. The minimum absolute atomic E-state index is 0.00708. The number of carbonyl (C=O) groups is 2. The van der Waals surface area contributed by atoms with Gasteiger partial charge in [0, 0.05) is 31.1 Å². The van der Waals surface area contributed by atoms with E-state index in [0.717, 1.165) is 44.2 Å². The number of piperidine rings is 1. The van der Waals surface area contributed by atoms with Gasteiger partial charge >= 0.3 is 0 Å². The first-order valence-electron chi connectivity index (χ1n) is 9.82. The predicted molar refractivity (Wildman–Crippen MR) is 97.1 cm³/mol. The largest absolute Gasteiger partial charge is 0.349 e. The standard InChI is InChI=1S/C21H28N2O2/c24-20(14-18-13-15-6-7-17(18)12-15)23-10-8-19(9-11-23)22-21(25)16-4-2-1-3-5-16/h1-5,15,17-19H,6-14H2,(H,22,25). The van der Waals surface area contributed by atoms with E-state index in [-0.39, 0.29) is 11.9 Å². The van der Waals surface area contributed by atoms with Crippen molar-refractivity contribution in [2.45, 2.75) is 51.0 Å². The molecule has 25 heavy (non-hydrogen) atoms. The molecule has 0 aromatic heterocycles. The summed E-state index contributed by atoms with van der Waals surface area (Å²) in [5.74, 6) is 2.69. The van der Waals surface area contributed by atoms with Crippen LogP contribution in [0.4, 0.5) is 0 Å². The number of benzene rings is 1. The minimum Gasteiger partial charge on any atom is -0.349 e. The lowest BCUT2D eigenvalue weighted by atomic mass is 9.86. The van der Waals surface area contributed by atoms with Crippen molar-refractivity contribution >= 4 is 11.8 Å². The van der Waals surface area contributed by atoms with Crippen molar-refractivity contribution < 1.29 is 9.59 Å². The molecule has 1 heterocycles. The number of nitrogens with one attached hydrogen (secondary N) is 1. The molecule has 3 aliphatic rings. The first kappa shape index (κ1) is 16.6. The van der Waals surface area contributed by atoms with Crippen LogP contribution in [-0.2, 0) is 4.79 Å². The van der Waals surface area contributed by atoms with Crippen LogP contribution in [0.1, 0.15) is 55.3 Å². The molecule has 1 N–H and O–H groups in total. The van der Waals surface area contributed by atoms with E-state index in [2.05, 4.69) is 5.32 Å². The quantitative estimate of drug-likeness (QED) is 0.915. The van der Waals surface area contributed by atoms with E-state index in [0.29, 0.717) is 17.4 Å². The van der Waals surface area contributed by atoms with E-state index in [1.807, 2.05) is 35.2 Å². The number of nitrogens with zero attached hydrogens (tertiary/aromatic N) is 1. The summed E-state index contributed by atoms with van der Waals surface area (Å²) in [7, 11) is 0. The van der Waals surface area contributed by atoms with Crippen molar-refractivity contribution in [3.05, 3.63) is 35.9 Å². The van der Waals surface area contributed by atoms with Crippen molar-refractivity contribution in [3.8, 4) is 0 Å². The third-order valence-electron chi connectivity index (χ3n) is 6.54. The van der Waals surface area contributed by atoms with Gasteiger partial charge in [-0.2, -0.15) is 0 Å². The van der Waals surface area contributed by atoms with Crippen molar-refractivity contribution in [1.29, 1.82) is 0 Å². The highest BCUT2D eigenvalue weighted by Gasteiger charge is 2.40. The molecule has 1 aliphatic heterocycles. The van der Waals surface area contributed by atoms with E-state index >= 15 is 0 Å². The smallest absolute Gasteiger partial charge is 0.251 e. The molecule has 3 atom stereocenters. The van der Waals surface area contributed by atoms with Gasteiger partial charge in [-0.1, -0.05) is 24.6 Å². The monoisotopic (exact) mass is 340 g/mol. The number of rotatable bonds is 4. The Balaban J connectivity index is 1.23. The molecule has 2 amide bonds. The molecule has 134 valence electrons. The number of amides is 2. The van der Waals surface area contributed by atoms with E-state index in [1.54, 1.807) is 0 Å². The van der Waals surface area contributed by atoms with Gasteiger partial charge in [0.1, 0.15) is 0 Å². The molecule has 1 aromatic carbocycles. The molecule has 0 radical (unpaired) electrons. The highest BCUT2D eigenvalue weighted by molar-refractivity contribution is 5.94. The summed E-state index contributed by atoms with van der Waals surface area (Å²) in [4.78, 5) is 26.9. The van der Waals surface area contributed by atoms with E-state index in [4.69, 9.17) is 0 Å². The zero-order valence-electron chi connectivity index (χ0n) is 14.8. The Labute approximate surface area is 150 Å². The van der Waals surface area contributed by atoms with Crippen molar-refractivity contribution in [3.63, 3.8) is 0 Å². The third-order valence-corrected chi connectivity index (χ3v) is 6.54. The van der Waals surface area contributed by atoms with Gasteiger partial charge in [-0.15, -0.1) is 0 Å². The van der Waals surface area contributed by atoms with Crippen LogP contribution in [0.2, 0.25) is 0 Å². The summed E-state index contributed by atoms with van der Waals surface area (Å²) in [5.41, 5.74) is 0.706. The van der Waals surface area contributed by atoms with Crippen molar-refractivity contribution in [2.75, 3.05) is 13.1 Å². The van der Waals surface area contributed by atoms with Gasteiger partial charge in [-0.3, -0.25) is 9.59 Å². The summed E-state index contributed by atoms with van der Waals surface area (Å²) in [5, 5.41) is 3.11. The molecule has 2 aliphatic carbocycles. The maximum absolute atomic E-state index is 12.6. The summed E-state index contributed by atoms with van der Waals surface area (Å²) in [6.07, 6.45) is 7.86. The molecule has 3 fully saturated rings. The molecule has 4 nitrogen and oxygen atoms in total. The molecule has 2 saturated carbocycles. The molecule has 2 bridgehead atoms. The van der Waals surface area contributed by atoms with E-state index in [1.165, 1.54) is 25.7 Å². The second-order valence-corrected chi connectivity index (χ2v) is 8.13. The van der Waals surface area contributed by atoms with Crippen LogP contribution in [0.15, 0.2) is 30.3 Å². The maximum atomic E-state index is 12.6. The van der Waals surface area contributed by atoms with Crippen LogP contribution in [0.3, 0.4) is 0 Å². The van der Waals surface area contributed by atoms with Crippen LogP contribution in [0, 0.1) is 17.8 Å². The van der Waals surface area contributed by atoms with Gasteiger partial charge < -0.3 is 10.2 Å². The number of likely N-dealkylation sites (tertiary alicyclic amines) is 1. The van der Waals surface area contributed by atoms with Crippen LogP contribution in [-0.4, -0.2) is 35.8 Å². The van der Waals surface area contributed by atoms with Gasteiger partial charge in [-0.25, -0.2) is 0 Å². The lowest BCUT2D eigenvalue weighted by Gasteiger charge is -2.33. The lowest BCUT2D eigenvalue weighted by Crippen LogP contribution is -2.47. The van der Waals surface area contributed by atoms with Crippen molar-refractivity contribution in [1.82, 2.24) is 10.2 Å². The normalized spacial score (nSPS) is 29.0. The van der Waals surface area contributed by atoms with Gasteiger partial charge in [0.15, 0.2) is 0 Å². The SMILES string of the molecule is O=C(NC1CCN(C(=O)CC2CC3CCC2C3)CC1)c1ccccc1. The zero-order chi connectivity index (χ0) is 17.2. The predicted octanol–water partition coefficient (Wildman–Crippen LogP) is 3.23. The highest BCUT2D eigenvalue weighted by Crippen LogP contribution is 2.49. The topological polar surface area (TPSA) is 49.4 Å². The van der Waals surface area contributed by atoms with Crippen LogP contribution in [0.25, 0.3) is 0 Å². The lowest BCUT2D eigenvalue weighted by molar-refractivity contribution is -0.133. The number of hydrogen-bond acceptors (Lipinski definition) is 2. The summed E-state index contributed by atoms with van der Waals surface area (Å²) in [6, 6.07) is 9.53. The molecule has 0 spiro atoms. The molecule has 3 unspecified atom stereocenters. The Morgan fingerprint density at radius 3 is 2.40 bits per heavy atom. The van der Waals surface area contributed by atoms with Gasteiger partial charge in [-0.05, 0) is 62.0 Å². The van der Waals surface area contributed by atoms with Crippen molar-refractivity contribution in [2.24, 2.45) is 17.8 Å². The van der Waals surface area contributed by atoms with Crippen LogP contribution >= 0.6 is 0 Å². The Bertz CT molecular complexity index is 622. The third kappa shape index (κ3) is 3.73. The Morgan fingerprint density at radius 1 is 1.00 bits per heavy atom. The van der Waals surface area contributed by atoms with Gasteiger partial charge in [0.25, 0.3) is 5.91 Å². The molecule has 1 saturated heterocycles. The van der Waals surface area contributed by atoms with E-state index in [9.17, 15) is 9.59 Å². The second-order valence-electron chi connectivity index (χ2n) is 8.13. The van der Waals surface area contributed by atoms with Crippen LogP contribution < -0.4 is 5.32 Å². The Hall–Kier alpha value is -1.84. The number of hydrogen-bond donors (Lipinski definition) is 1. The zero-order valence-corrected chi connectivity index (χ0v) is 14.8. The first-order chi connectivity index (χ1) is 12.2. The maximum Gasteiger partial charge on any atom is 0.251 e. The average molecular weight is 340 g/mol. The molecular weight excluding hydrogens is 312 g/mol. The molecule has 1 aromatic rings. The Morgan fingerprint density at radius 2 is 1.76 bits per heavy atom. The number of fused-ring (bicyclic) bond motifs is 2. The second kappa shape index (κ2) is 7.19. The Kier molecular flexibility index (Phi) is 4.78. The number of carbonyl (C=O) groups excluding carboxylic acids is 2. The fraction of sp³-hybridized carbons (Fsp3) is 0.619. The highest BCUT2D eigenvalue weighted by atomic mass is 16.2. The van der Waals surface area contributed by atoms with Crippen LogP contribution in [0.5, 0.6) is 0 Å². The molecular formula is C21H28N2O2. The first-order valence-corrected chi connectivity index (χ1v) is 9.82. The molecule has 4 heteroatoms. The average Bonchev–Trinajstić information content (AvgIpc) is 3.26. The van der Waals surface area contributed by atoms with E-state index < -0.39 is 0 Å². The fourth-order valence-corrected chi connectivity index (χ4v) is 5.11. The minimum atomic E-state index is -0.00708. The molecule has 4 rings (SSSR count). The summed E-state index contributed by atoms with van der Waals surface area (Å²) in [6.45, 7) is 1.55.